The highest BCUT2D eigenvalue weighted by Gasteiger charge is 2.22. The maximum atomic E-state index is 12.1. The van der Waals surface area contributed by atoms with Crippen LogP contribution in [0.15, 0.2) is 29.3 Å². The molecule has 0 saturated heterocycles. The van der Waals surface area contributed by atoms with Gasteiger partial charge in [0.1, 0.15) is 11.4 Å². The lowest BCUT2D eigenvalue weighted by atomic mass is 10.2. The molecule has 0 saturated carbocycles. The molecular weight excluding hydrogens is 302 g/mol. The summed E-state index contributed by atoms with van der Waals surface area (Å²) in [7, 11) is -3.44. The van der Waals surface area contributed by atoms with Gasteiger partial charge in [-0.25, -0.2) is 8.42 Å². The topological polar surface area (TPSA) is 85.8 Å². The lowest BCUT2D eigenvalue weighted by molar-refractivity contribution is -0.561. The Morgan fingerprint density at radius 3 is 2.80 bits per heavy atom. The third-order valence-electron chi connectivity index (χ3n) is 2.86. The SMILES string of the molecule is CCS(=O)(=O)c1cccnc1-c1[nH][n+](=O)c(Cl)cc1C. The van der Waals surface area contributed by atoms with Crippen LogP contribution in [0.3, 0.4) is 0 Å². The first-order chi connectivity index (χ1) is 9.36. The van der Waals surface area contributed by atoms with E-state index in [0.29, 0.717) is 15.8 Å². The van der Waals surface area contributed by atoms with Crippen LogP contribution in [0.5, 0.6) is 0 Å². The molecule has 2 heterocycles. The number of hydrogen-bond donors (Lipinski definition) is 1. The van der Waals surface area contributed by atoms with Crippen LogP contribution in [-0.2, 0) is 9.84 Å². The highest BCUT2D eigenvalue weighted by Crippen LogP contribution is 2.26. The summed E-state index contributed by atoms with van der Waals surface area (Å²) < 4.78 is 24.5. The van der Waals surface area contributed by atoms with E-state index in [1.807, 2.05) is 0 Å². The number of pyridine rings is 1. The van der Waals surface area contributed by atoms with Crippen molar-refractivity contribution < 1.29 is 13.0 Å². The lowest BCUT2D eigenvalue weighted by Crippen LogP contribution is -2.22. The quantitative estimate of drug-likeness (QED) is 0.874. The molecule has 2 aromatic rings. The monoisotopic (exact) mass is 314 g/mol. The maximum Gasteiger partial charge on any atom is 0.360 e. The molecule has 0 amide bonds. The molecule has 0 unspecified atom stereocenters. The summed E-state index contributed by atoms with van der Waals surface area (Å²) in [6, 6.07) is 4.47. The molecule has 2 rings (SSSR count). The molecule has 6 nitrogen and oxygen atoms in total. The molecule has 0 aliphatic carbocycles. The molecule has 0 atom stereocenters. The van der Waals surface area contributed by atoms with Crippen molar-refractivity contribution in [2.75, 3.05) is 5.75 Å². The number of rotatable bonds is 3. The third kappa shape index (κ3) is 2.59. The predicted molar refractivity (Wildman–Crippen MR) is 74.9 cm³/mol. The molecule has 8 heteroatoms. The van der Waals surface area contributed by atoms with Gasteiger partial charge in [0, 0.05) is 12.3 Å². The fourth-order valence-corrected chi connectivity index (χ4v) is 3.03. The minimum Gasteiger partial charge on any atom is -0.253 e. The predicted octanol–water partition coefficient (Wildman–Crippen LogP) is 1.75. The summed E-state index contributed by atoms with van der Waals surface area (Å²) in [5.41, 5.74) is 1.18. The molecule has 0 radical (unpaired) electrons. The fourth-order valence-electron chi connectivity index (χ4n) is 1.78. The summed E-state index contributed by atoms with van der Waals surface area (Å²) in [5.74, 6) is -0.0459. The molecular formula is C12H13ClN3O3S+. The van der Waals surface area contributed by atoms with Crippen LogP contribution in [0.25, 0.3) is 11.4 Å². The smallest absolute Gasteiger partial charge is 0.253 e. The number of nitrogens with one attached hydrogen (secondary N) is 1. The summed E-state index contributed by atoms with van der Waals surface area (Å²) in [4.78, 5) is 15.7. The summed E-state index contributed by atoms with van der Waals surface area (Å²) in [6.45, 7) is 3.27. The van der Waals surface area contributed by atoms with Crippen LogP contribution in [0.4, 0.5) is 0 Å². The normalized spacial score (nSPS) is 11.6. The Hall–Kier alpha value is -1.73. The first-order valence-electron chi connectivity index (χ1n) is 5.87. The van der Waals surface area contributed by atoms with Gasteiger partial charge in [0.05, 0.1) is 15.6 Å². The number of H-pyrrole nitrogens is 1. The maximum absolute atomic E-state index is 12.1. The summed E-state index contributed by atoms with van der Waals surface area (Å²) in [5, 5.41) is 2.47. The number of aryl methyl sites for hydroxylation is 1. The highest BCUT2D eigenvalue weighted by atomic mass is 35.5. The third-order valence-corrected chi connectivity index (χ3v) is 4.88. The zero-order valence-corrected chi connectivity index (χ0v) is 12.5. The van der Waals surface area contributed by atoms with Crippen molar-refractivity contribution in [2.24, 2.45) is 0 Å². The Morgan fingerprint density at radius 1 is 1.45 bits per heavy atom. The van der Waals surface area contributed by atoms with Crippen LogP contribution < -0.4 is 4.54 Å². The molecule has 0 aromatic carbocycles. The van der Waals surface area contributed by atoms with E-state index in [9.17, 15) is 13.3 Å². The zero-order valence-electron chi connectivity index (χ0n) is 10.9. The van der Waals surface area contributed by atoms with Gasteiger partial charge < -0.3 is 0 Å². The van der Waals surface area contributed by atoms with E-state index < -0.39 is 9.84 Å². The van der Waals surface area contributed by atoms with Gasteiger partial charge in [0.2, 0.25) is 0 Å². The van der Waals surface area contributed by atoms with E-state index in [4.69, 9.17) is 11.6 Å². The van der Waals surface area contributed by atoms with E-state index >= 15 is 0 Å². The van der Waals surface area contributed by atoms with Gasteiger partial charge in [0.15, 0.2) is 14.4 Å². The molecule has 0 aliphatic heterocycles. The molecule has 0 aliphatic rings. The van der Waals surface area contributed by atoms with E-state index in [1.54, 1.807) is 19.9 Å². The van der Waals surface area contributed by atoms with Gasteiger partial charge in [-0.2, -0.15) is 0 Å². The van der Waals surface area contributed by atoms with Crippen molar-refractivity contribution in [3.05, 3.63) is 40.0 Å². The number of aromatic nitrogens is 3. The number of nitrogens with zero attached hydrogens (tertiary/aromatic N) is 2. The van der Waals surface area contributed by atoms with E-state index in [0.717, 1.165) is 0 Å². The minimum atomic E-state index is -3.44. The van der Waals surface area contributed by atoms with E-state index in [-0.39, 0.29) is 21.5 Å². The van der Waals surface area contributed by atoms with E-state index in [2.05, 4.69) is 10.1 Å². The lowest BCUT2D eigenvalue weighted by Gasteiger charge is -2.08. The van der Waals surface area contributed by atoms with Crippen LogP contribution in [0, 0.1) is 11.8 Å². The fraction of sp³-hybridized carbons (Fsp3) is 0.250. The standard InChI is InChI=1S/C12H13ClN3O3S/c1-3-20(18,19)9-5-4-6-14-12(9)11-8(2)7-10(13)16(17)15-11/h4-7H,3H2,1-2H3,(H,15,17)/q+1. The molecule has 1 N–H and O–H groups in total. The second kappa shape index (κ2) is 5.34. The number of aromatic amines is 1. The summed E-state index contributed by atoms with van der Waals surface area (Å²) in [6.07, 6.45) is 1.47. The Labute approximate surface area is 120 Å². The van der Waals surface area contributed by atoms with Crippen molar-refractivity contribution in [3.8, 4) is 11.4 Å². The van der Waals surface area contributed by atoms with Crippen molar-refractivity contribution >= 4 is 21.4 Å². The first-order valence-corrected chi connectivity index (χ1v) is 7.90. The van der Waals surface area contributed by atoms with Gasteiger partial charge >= 0.3 is 5.15 Å². The Bertz CT molecular complexity index is 815. The first kappa shape index (κ1) is 14.7. The van der Waals surface area contributed by atoms with Crippen LogP contribution >= 0.6 is 11.6 Å². The Balaban J connectivity index is 2.78. The van der Waals surface area contributed by atoms with Gasteiger partial charge in [-0.3, -0.25) is 4.98 Å². The Kier molecular flexibility index (Phi) is 3.92. The largest absolute Gasteiger partial charge is 0.360 e. The molecule has 20 heavy (non-hydrogen) atoms. The Morgan fingerprint density at radius 2 is 2.15 bits per heavy atom. The molecule has 0 fully saturated rings. The molecule has 0 spiro atoms. The highest BCUT2D eigenvalue weighted by molar-refractivity contribution is 7.91. The average Bonchev–Trinajstić information content (AvgIpc) is 2.43. The van der Waals surface area contributed by atoms with Gasteiger partial charge in [0.25, 0.3) is 0 Å². The number of sulfone groups is 1. The second-order valence-electron chi connectivity index (χ2n) is 4.18. The zero-order chi connectivity index (χ0) is 14.9. The van der Waals surface area contributed by atoms with Gasteiger partial charge in [-0.1, -0.05) is 6.92 Å². The van der Waals surface area contributed by atoms with Gasteiger partial charge in [-0.05, 0) is 36.2 Å². The molecule has 106 valence electrons. The number of halogens is 1. The van der Waals surface area contributed by atoms with Gasteiger partial charge in [-0.15, -0.1) is 5.10 Å². The van der Waals surface area contributed by atoms with Crippen molar-refractivity contribution in [1.29, 1.82) is 0 Å². The number of hydrogen-bond acceptors (Lipinski definition) is 4. The molecule has 0 bridgehead atoms. The van der Waals surface area contributed by atoms with Crippen LogP contribution in [-0.4, -0.2) is 24.3 Å². The van der Waals surface area contributed by atoms with Crippen molar-refractivity contribution in [3.63, 3.8) is 0 Å². The van der Waals surface area contributed by atoms with E-state index in [1.165, 1.54) is 18.3 Å². The second-order valence-corrected chi connectivity index (χ2v) is 6.82. The minimum absolute atomic E-state index is 0.0259. The molecule has 2 aromatic heterocycles. The summed E-state index contributed by atoms with van der Waals surface area (Å²) >= 11 is 5.71. The van der Waals surface area contributed by atoms with Crippen molar-refractivity contribution in [2.45, 2.75) is 18.7 Å². The average molecular weight is 315 g/mol. The van der Waals surface area contributed by atoms with Crippen LogP contribution in [0.2, 0.25) is 5.15 Å². The van der Waals surface area contributed by atoms with Crippen molar-refractivity contribution in [1.82, 2.24) is 10.1 Å². The van der Waals surface area contributed by atoms with Crippen LogP contribution in [0.1, 0.15) is 12.5 Å².